The molecule has 0 amide bonds. The fourth-order valence-electron chi connectivity index (χ4n) is 1.56. The lowest BCUT2D eigenvalue weighted by Gasteiger charge is -2.16. The molecule has 1 aromatic carbocycles. The molecule has 20 heavy (non-hydrogen) atoms. The molecule has 108 valence electrons. The summed E-state index contributed by atoms with van der Waals surface area (Å²) in [4.78, 5) is 4.20. The SMILES string of the molecule is C=C/C(=C\N=C(/C)C(C)(C)O)c1cc(C)c(C)cc1F. The highest BCUT2D eigenvalue weighted by molar-refractivity contribution is 5.90. The van der Waals surface area contributed by atoms with Crippen molar-refractivity contribution in [2.24, 2.45) is 4.99 Å². The number of halogens is 1. The summed E-state index contributed by atoms with van der Waals surface area (Å²) >= 11 is 0. The van der Waals surface area contributed by atoms with Gasteiger partial charge in [-0.2, -0.15) is 0 Å². The van der Waals surface area contributed by atoms with E-state index in [0.29, 0.717) is 16.8 Å². The first kappa shape index (κ1) is 16.3. The van der Waals surface area contributed by atoms with Crippen molar-refractivity contribution >= 4 is 11.3 Å². The molecule has 0 fully saturated rings. The second-order valence-corrected chi connectivity index (χ2v) is 5.48. The van der Waals surface area contributed by atoms with Gasteiger partial charge in [0.2, 0.25) is 0 Å². The van der Waals surface area contributed by atoms with Crippen LogP contribution < -0.4 is 0 Å². The maximum Gasteiger partial charge on any atom is 0.131 e. The molecule has 0 unspecified atom stereocenters. The van der Waals surface area contributed by atoms with Crippen LogP contribution in [0.1, 0.15) is 37.5 Å². The molecule has 0 aliphatic rings. The second kappa shape index (κ2) is 6.14. The summed E-state index contributed by atoms with van der Waals surface area (Å²) in [5.41, 5.74) is 2.54. The van der Waals surface area contributed by atoms with Crippen molar-refractivity contribution in [3.63, 3.8) is 0 Å². The van der Waals surface area contributed by atoms with E-state index in [1.165, 1.54) is 12.3 Å². The lowest BCUT2D eigenvalue weighted by atomic mass is 10.00. The van der Waals surface area contributed by atoms with E-state index < -0.39 is 5.60 Å². The molecule has 0 heterocycles. The summed E-state index contributed by atoms with van der Waals surface area (Å²) in [5, 5.41) is 9.82. The first-order chi connectivity index (χ1) is 9.16. The highest BCUT2D eigenvalue weighted by atomic mass is 19.1. The molecule has 0 aromatic heterocycles. The Morgan fingerprint density at radius 3 is 2.35 bits per heavy atom. The van der Waals surface area contributed by atoms with E-state index in [0.717, 1.165) is 11.1 Å². The fourth-order valence-corrected chi connectivity index (χ4v) is 1.56. The van der Waals surface area contributed by atoms with Crippen LogP contribution in [-0.2, 0) is 0 Å². The number of allylic oxidation sites excluding steroid dienone is 2. The highest BCUT2D eigenvalue weighted by Gasteiger charge is 2.16. The molecule has 3 heteroatoms. The molecule has 0 atom stereocenters. The maximum atomic E-state index is 14.0. The van der Waals surface area contributed by atoms with Gasteiger partial charge in [-0.3, -0.25) is 4.99 Å². The molecule has 1 N–H and O–H groups in total. The van der Waals surface area contributed by atoms with Crippen LogP contribution in [0.3, 0.4) is 0 Å². The fraction of sp³-hybridized carbons (Fsp3) is 0.353. The summed E-state index contributed by atoms with van der Waals surface area (Å²) in [6.07, 6.45) is 3.10. The Kier molecular flexibility index (Phi) is 5.01. The number of nitrogens with zero attached hydrogens (tertiary/aromatic N) is 1. The van der Waals surface area contributed by atoms with Gasteiger partial charge >= 0.3 is 0 Å². The summed E-state index contributed by atoms with van der Waals surface area (Å²) < 4.78 is 14.0. The van der Waals surface area contributed by atoms with Crippen LogP contribution >= 0.6 is 0 Å². The number of aliphatic hydroxyl groups is 1. The number of aliphatic imine (C=N–C) groups is 1. The van der Waals surface area contributed by atoms with E-state index in [-0.39, 0.29) is 5.82 Å². The Hall–Kier alpha value is -1.74. The second-order valence-electron chi connectivity index (χ2n) is 5.48. The molecule has 1 aromatic rings. The van der Waals surface area contributed by atoms with Gasteiger partial charge in [0.25, 0.3) is 0 Å². The zero-order valence-electron chi connectivity index (χ0n) is 12.8. The van der Waals surface area contributed by atoms with E-state index >= 15 is 0 Å². The molecule has 0 radical (unpaired) electrons. The van der Waals surface area contributed by atoms with Gasteiger partial charge in [-0.05, 0) is 57.9 Å². The zero-order valence-corrected chi connectivity index (χ0v) is 12.8. The summed E-state index contributed by atoms with van der Waals surface area (Å²) in [6, 6.07) is 3.29. The molecule has 0 saturated carbocycles. The number of rotatable bonds is 4. The Bertz CT molecular complexity index is 577. The molecular weight excluding hydrogens is 253 g/mol. The maximum absolute atomic E-state index is 14.0. The Balaban J connectivity index is 3.28. The van der Waals surface area contributed by atoms with Gasteiger partial charge in [-0.1, -0.05) is 12.7 Å². The van der Waals surface area contributed by atoms with Crippen LogP contribution in [0.15, 0.2) is 36.0 Å². The van der Waals surface area contributed by atoms with Gasteiger partial charge in [-0.25, -0.2) is 4.39 Å². The van der Waals surface area contributed by atoms with Crippen molar-refractivity contribution in [2.75, 3.05) is 0 Å². The topological polar surface area (TPSA) is 32.6 Å². The van der Waals surface area contributed by atoms with Crippen LogP contribution in [0.25, 0.3) is 5.57 Å². The first-order valence-corrected chi connectivity index (χ1v) is 6.53. The van der Waals surface area contributed by atoms with E-state index in [2.05, 4.69) is 11.6 Å². The molecular formula is C17H22FNO. The van der Waals surface area contributed by atoms with E-state index in [1.54, 1.807) is 32.9 Å². The number of hydrogen-bond donors (Lipinski definition) is 1. The molecule has 2 nitrogen and oxygen atoms in total. The molecule has 1 rings (SSSR count). The highest BCUT2D eigenvalue weighted by Crippen LogP contribution is 2.23. The third-order valence-corrected chi connectivity index (χ3v) is 3.40. The molecule has 0 aliphatic heterocycles. The first-order valence-electron chi connectivity index (χ1n) is 6.53. The largest absolute Gasteiger partial charge is 0.385 e. The minimum absolute atomic E-state index is 0.296. The third-order valence-electron chi connectivity index (χ3n) is 3.40. The third kappa shape index (κ3) is 3.87. The molecule has 0 aliphatic carbocycles. The predicted molar refractivity (Wildman–Crippen MR) is 83.5 cm³/mol. The molecule has 0 spiro atoms. The lowest BCUT2D eigenvalue weighted by Crippen LogP contribution is -2.28. The van der Waals surface area contributed by atoms with Crippen molar-refractivity contribution in [1.82, 2.24) is 0 Å². The summed E-state index contributed by atoms with van der Waals surface area (Å²) in [6.45, 7) is 12.6. The van der Waals surface area contributed by atoms with Crippen LogP contribution in [0.2, 0.25) is 0 Å². The predicted octanol–water partition coefficient (Wildman–Crippen LogP) is 4.20. The van der Waals surface area contributed by atoms with Crippen molar-refractivity contribution in [1.29, 1.82) is 0 Å². The van der Waals surface area contributed by atoms with Gasteiger partial charge in [0.1, 0.15) is 5.82 Å². The van der Waals surface area contributed by atoms with Gasteiger partial charge < -0.3 is 5.11 Å². The number of aryl methyl sites for hydroxylation is 2. The summed E-state index contributed by atoms with van der Waals surface area (Å²) in [5.74, 6) is -0.296. The van der Waals surface area contributed by atoms with Crippen LogP contribution in [0.5, 0.6) is 0 Å². The Labute approximate surface area is 120 Å². The Morgan fingerprint density at radius 1 is 1.30 bits per heavy atom. The van der Waals surface area contributed by atoms with Crippen molar-refractivity contribution in [3.05, 3.63) is 53.5 Å². The van der Waals surface area contributed by atoms with Crippen molar-refractivity contribution < 1.29 is 9.50 Å². The monoisotopic (exact) mass is 275 g/mol. The minimum atomic E-state index is -0.996. The van der Waals surface area contributed by atoms with Gasteiger partial charge in [-0.15, -0.1) is 0 Å². The van der Waals surface area contributed by atoms with Crippen molar-refractivity contribution in [2.45, 2.75) is 40.2 Å². The Morgan fingerprint density at radius 2 is 1.85 bits per heavy atom. The van der Waals surface area contributed by atoms with Gasteiger partial charge in [0.05, 0.1) is 5.60 Å². The average Bonchev–Trinajstić information content (AvgIpc) is 2.34. The normalized spacial score (nSPS) is 13.6. The smallest absolute Gasteiger partial charge is 0.131 e. The zero-order chi connectivity index (χ0) is 15.5. The minimum Gasteiger partial charge on any atom is -0.385 e. The van der Waals surface area contributed by atoms with Gasteiger partial charge in [0.15, 0.2) is 0 Å². The molecule has 0 saturated heterocycles. The number of benzene rings is 1. The van der Waals surface area contributed by atoms with Gasteiger partial charge in [0, 0.05) is 23.0 Å². The standard InChI is InChI=1S/C17H22FNO/c1-7-14(10-19-13(4)17(5,6)20)15-8-11(2)12(3)9-16(15)18/h7-10,20H,1H2,2-6H3/b14-10+,19-13+. The lowest BCUT2D eigenvalue weighted by molar-refractivity contribution is 0.153. The van der Waals surface area contributed by atoms with E-state index in [1.807, 2.05) is 13.8 Å². The average molecular weight is 275 g/mol. The van der Waals surface area contributed by atoms with E-state index in [9.17, 15) is 9.50 Å². The summed E-state index contributed by atoms with van der Waals surface area (Å²) in [7, 11) is 0. The van der Waals surface area contributed by atoms with Crippen LogP contribution in [0.4, 0.5) is 4.39 Å². The molecule has 0 bridgehead atoms. The number of hydrogen-bond acceptors (Lipinski definition) is 2. The van der Waals surface area contributed by atoms with Crippen molar-refractivity contribution in [3.8, 4) is 0 Å². The van der Waals surface area contributed by atoms with E-state index in [4.69, 9.17) is 0 Å². The quantitative estimate of drug-likeness (QED) is 0.648. The van der Waals surface area contributed by atoms with Crippen LogP contribution in [-0.4, -0.2) is 16.4 Å². The van der Waals surface area contributed by atoms with Crippen LogP contribution in [0, 0.1) is 19.7 Å².